The first-order valence-corrected chi connectivity index (χ1v) is 7.46. The molecule has 1 aromatic carbocycles. The monoisotopic (exact) mass is 294 g/mol. The highest BCUT2D eigenvalue weighted by Crippen LogP contribution is 2.34. The zero-order chi connectivity index (χ0) is 14.5. The number of hydrogen-bond acceptors (Lipinski definition) is 3. The van der Waals surface area contributed by atoms with Gasteiger partial charge in [-0.2, -0.15) is 0 Å². The third-order valence-electron chi connectivity index (χ3n) is 3.22. The Morgan fingerprint density at radius 2 is 1.95 bits per heavy atom. The number of hydrogen-bond donors (Lipinski definition) is 2. The lowest BCUT2D eigenvalue weighted by atomic mass is 9.96. The summed E-state index contributed by atoms with van der Waals surface area (Å²) >= 11 is 5.29. The summed E-state index contributed by atoms with van der Waals surface area (Å²) in [7, 11) is 0. The third kappa shape index (κ3) is 3.54. The van der Waals surface area contributed by atoms with Crippen molar-refractivity contribution < 1.29 is 9.47 Å². The molecule has 1 atom stereocenters. The average molecular weight is 294 g/mol. The summed E-state index contributed by atoms with van der Waals surface area (Å²) in [6, 6.07) is 6.23. The van der Waals surface area contributed by atoms with Gasteiger partial charge in [0.15, 0.2) is 16.6 Å². The zero-order valence-electron chi connectivity index (χ0n) is 12.2. The Labute approximate surface area is 125 Å². The van der Waals surface area contributed by atoms with E-state index in [-0.39, 0.29) is 6.04 Å². The molecule has 2 rings (SSSR count). The van der Waals surface area contributed by atoms with E-state index in [9.17, 15) is 0 Å². The van der Waals surface area contributed by atoms with Gasteiger partial charge in [0, 0.05) is 6.54 Å². The minimum absolute atomic E-state index is 0.150. The molecule has 1 aliphatic heterocycles. The summed E-state index contributed by atoms with van der Waals surface area (Å²) in [5.74, 6) is 2.04. The highest BCUT2D eigenvalue weighted by atomic mass is 32.1. The van der Waals surface area contributed by atoms with Crippen LogP contribution in [0, 0.1) is 5.92 Å². The van der Waals surface area contributed by atoms with Crippen molar-refractivity contribution in [1.29, 1.82) is 0 Å². The van der Waals surface area contributed by atoms with Crippen molar-refractivity contribution in [2.24, 2.45) is 5.92 Å². The maximum absolute atomic E-state index is 5.65. The number of fused-ring (bicyclic) bond motifs is 1. The van der Waals surface area contributed by atoms with E-state index in [1.807, 2.05) is 19.1 Å². The van der Waals surface area contributed by atoms with E-state index >= 15 is 0 Å². The van der Waals surface area contributed by atoms with Crippen LogP contribution in [0.2, 0.25) is 0 Å². The molecule has 1 aromatic rings. The molecule has 20 heavy (non-hydrogen) atoms. The first kappa shape index (κ1) is 14.9. The van der Waals surface area contributed by atoms with Gasteiger partial charge in [0.25, 0.3) is 0 Å². The van der Waals surface area contributed by atoms with Gasteiger partial charge < -0.3 is 20.1 Å². The van der Waals surface area contributed by atoms with Crippen molar-refractivity contribution in [2.45, 2.75) is 26.8 Å². The summed E-state index contributed by atoms with van der Waals surface area (Å²) in [6.45, 7) is 8.40. The summed E-state index contributed by atoms with van der Waals surface area (Å²) in [4.78, 5) is 0. The Morgan fingerprint density at radius 3 is 2.60 bits per heavy atom. The topological polar surface area (TPSA) is 42.5 Å². The molecule has 1 heterocycles. The SMILES string of the molecule is CCNC(=S)N[C@H](c1ccc2c(c1)OCCO2)C(C)C. The van der Waals surface area contributed by atoms with E-state index < -0.39 is 0 Å². The van der Waals surface area contributed by atoms with Crippen LogP contribution in [0.15, 0.2) is 18.2 Å². The quantitative estimate of drug-likeness (QED) is 0.836. The smallest absolute Gasteiger partial charge is 0.166 e. The lowest BCUT2D eigenvalue weighted by molar-refractivity contribution is 0.171. The first-order chi connectivity index (χ1) is 9.61. The van der Waals surface area contributed by atoms with E-state index in [2.05, 4.69) is 30.5 Å². The van der Waals surface area contributed by atoms with E-state index in [1.54, 1.807) is 0 Å². The highest BCUT2D eigenvalue weighted by Gasteiger charge is 2.20. The van der Waals surface area contributed by atoms with E-state index in [1.165, 1.54) is 0 Å². The molecule has 0 bridgehead atoms. The van der Waals surface area contributed by atoms with Gasteiger partial charge >= 0.3 is 0 Å². The Hall–Kier alpha value is -1.49. The van der Waals surface area contributed by atoms with Gasteiger partial charge in [0.05, 0.1) is 6.04 Å². The Bertz CT molecular complexity index is 477. The summed E-state index contributed by atoms with van der Waals surface area (Å²) in [5, 5.41) is 7.17. The molecule has 0 radical (unpaired) electrons. The summed E-state index contributed by atoms with van der Waals surface area (Å²) in [6.07, 6.45) is 0. The van der Waals surface area contributed by atoms with Crippen molar-refractivity contribution in [3.8, 4) is 11.5 Å². The molecule has 5 heteroatoms. The van der Waals surface area contributed by atoms with Crippen LogP contribution in [0.5, 0.6) is 11.5 Å². The molecule has 0 saturated carbocycles. The van der Waals surface area contributed by atoms with Gasteiger partial charge in [-0.15, -0.1) is 0 Å². The van der Waals surface area contributed by atoms with Crippen LogP contribution in [0.1, 0.15) is 32.4 Å². The van der Waals surface area contributed by atoms with Crippen molar-refractivity contribution in [1.82, 2.24) is 10.6 Å². The Balaban J connectivity index is 2.18. The molecule has 0 spiro atoms. The second kappa shape index (κ2) is 6.79. The van der Waals surface area contributed by atoms with Crippen LogP contribution in [-0.2, 0) is 0 Å². The van der Waals surface area contributed by atoms with Crippen LogP contribution in [-0.4, -0.2) is 24.9 Å². The summed E-state index contributed by atoms with van der Waals surface area (Å²) in [5.41, 5.74) is 1.16. The minimum atomic E-state index is 0.150. The molecular weight excluding hydrogens is 272 g/mol. The number of benzene rings is 1. The summed E-state index contributed by atoms with van der Waals surface area (Å²) < 4.78 is 11.2. The maximum Gasteiger partial charge on any atom is 0.166 e. The van der Waals surface area contributed by atoms with E-state index in [0.29, 0.717) is 24.2 Å². The Morgan fingerprint density at radius 1 is 1.25 bits per heavy atom. The standard InChI is InChI=1S/C15H22N2O2S/c1-4-16-15(20)17-14(10(2)3)11-5-6-12-13(9-11)19-8-7-18-12/h5-6,9-10,14H,4,7-8H2,1-3H3,(H2,16,17,20)/t14-/m0/s1. The van der Waals surface area contributed by atoms with Gasteiger partial charge in [-0.3, -0.25) is 0 Å². The normalized spacial score (nSPS) is 14.8. The largest absolute Gasteiger partial charge is 0.486 e. The number of nitrogens with one attached hydrogen (secondary N) is 2. The van der Waals surface area contributed by atoms with E-state index in [4.69, 9.17) is 21.7 Å². The van der Waals surface area contributed by atoms with Crippen LogP contribution in [0.4, 0.5) is 0 Å². The lowest BCUT2D eigenvalue weighted by Gasteiger charge is -2.26. The van der Waals surface area contributed by atoms with Crippen molar-refractivity contribution in [3.63, 3.8) is 0 Å². The predicted molar refractivity (Wildman–Crippen MR) is 84.4 cm³/mol. The maximum atomic E-state index is 5.65. The first-order valence-electron chi connectivity index (χ1n) is 7.05. The number of ether oxygens (including phenoxy) is 2. The predicted octanol–water partition coefficient (Wildman–Crippen LogP) is 2.64. The molecule has 2 N–H and O–H groups in total. The second-order valence-electron chi connectivity index (χ2n) is 5.13. The van der Waals surface area contributed by atoms with Crippen LogP contribution >= 0.6 is 12.2 Å². The fourth-order valence-corrected chi connectivity index (χ4v) is 2.51. The fraction of sp³-hybridized carbons (Fsp3) is 0.533. The van der Waals surface area contributed by atoms with Gasteiger partial charge in [-0.1, -0.05) is 19.9 Å². The van der Waals surface area contributed by atoms with Crippen LogP contribution in [0.25, 0.3) is 0 Å². The van der Waals surface area contributed by atoms with Crippen molar-refractivity contribution in [3.05, 3.63) is 23.8 Å². The lowest BCUT2D eigenvalue weighted by Crippen LogP contribution is -2.39. The van der Waals surface area contributed by atoms with Gasteiger partial charge in [0.2, 0.25) is 0 Å². The average Bonchev–Trinajstić information content (AvgIpc) is 2.44. The molecule has 4 nitrogen and oxygen atoms in total. The van der Waals surface area contributed by atoms with Gasteiger partial charge in [-0.25, -0.2) is 0 Å². The van der Waals surface area contributed by atoms with E-state index in [0.717, 1.165) is 23.6 Å². The molecule has 0 amide bonds. The number of thiocarbonyl (C=S) groups is 1. The molecule has 0 fully saturated rings. The van der Waals surface area contributed by atoms with Gasteiger partial charge in [-0.05, 0) is 42.8 Å². The third-order valence-corrected chi connectivity index (χ3v) is 3.48. The van der Waals surface area contributed by atoms with Crippen LogP contribution in [0.3, 0.4) is 0 Å². The minimum Gasteiger partial charge on any atom is -0.486 e. The molecule has 0 unspecified atom stereocenters. The van der Waals surface area contributed by atoms with Crippen molar-refractivity contribution in [2.75, 3.05) is 19.8 Å². The molecule has 0 aliphatic carbocycles. The van der Waals surface area contributed by atoms with Gasteiger partial charge in [0.1, 0.15) is 13.2 Å². The zero-order valence-corrected chi connectivity index (χ0v) is 13.0. The molecule has 0 aromatic heterocycles. The molecule has 0 saturated heterocycles. The molecular formula is C15H22N2O2S. The highest BCUT2D eigenvalue weighted by molar-refractivity contribution is 7.80. The Kier molecular flexibility index (Phi) is 5.06. The fourth-order valence-electron chi connectivity index (χ4n) is 2.24. The van der Waals surface area contributed by atoms with Crippen molar-refractivity contribution >= 4 is 17.3 Å². The number of rotatable bonds is 4. The second-order valence-corrected chi connectivity index (χ2v) is 5.54. The van der Waals surface area contributed by atoms with Crippen LogP contribution < -0.4 is 20.1 Å². The molecule has 1 aliphatic rings. The molecule has 110 valence electrons.